The minimum Gasteiger partial charge on any atom is -0.508 e. The molecule has 0 saturated heterocycles. The number of phenolic OH excluding ortho intramolecular Hbond substituents is 1. The molecule has 0 unspecified atom stereocenters. The number of hydrogen-bond donors (Lipinski definition) is 4. The maximum Gasteiger partial charge on any atom is 0.271 e. The first-order valence-electron chi connectivity index (χ1n) is 7.57. The quantitative estimate of drug-likeness (QED) is 0.555. The minimum absolute atomic E-state index is 0.158. The van der Waals surface area contributed by atoms with Crippen molar-refractivity contribution in [3.8, 4) is 5.75 Å². The molecule has 24 heavy (non-hydrogen) atoms. The molecule has 0 aliphatic heterocycles. The van der Waals surface area contributed by atoms with Crippen LogP contribution in [0.1, 0.15) is 22.3 Å². The first-order valence-corrected chi connectivity index (χ1v) is 7.57. The second-order valence-corrected chi connectivity index (χ2v) is 5.38. The standard InChI is InChI=1S/C18H17N3O3/c22-16-8-4-1-5-12(16)9-10-17(23)20-21-18(24)14-11-19-15-7-3-2-6-13(14)15/h1-8,11,19,22H,9-10H2,(H,20,23)(H,21,24). The van der Waals surface area contributed by atoms with Gasteiger partial charge in [0.05, 0.1) is 5.56 Å². The molecule has 3 rings (SSSR count). The van der Waals surface area contributed by atoms with Crippen LogP contribution in [-0.2, 0) is 11.2 Å². The fourth-order valence-corrected chi connectivity index (χ4v) is 2.49. The number of aromatic amines is 1. The largest absolute Gasteiger partial charge is 0.508 e. The normalized spacial score (nSPS) is 10.5. The van der Waals surface area contributed by atoms with Crippen LogP contribution in [0.15, 0.2) is 54.7 Å². The van der Waals surface area contributed by atoms with Gasteiger partial charge in [0.1, 0.15) is 5.75 Å². The molecule has 2 amide bonds. The number of aryl methyl sites for hydroxylation is 1. The number of carbonyl (C=O) groups is 2. The number of carbonyl (C=O) groups excluding carboxylic acids is 2. The van der Waals surface area contributed by atoms with Gasteiger partial charge in [-0.1, -0.05) is 36.4 Å². The number of fused-ring (bicyclic) bond motifs is 1. The van der Waals surface area contributed by atoms with Gasteiger partial charge in [0.25, 0.3) is 5.91 Å². The van der Waals surface area contributed by atoms with Gasteiger partial charge in [-0.3, -0.25) is 20.4 Å². The van der Waals surface area contributed by atoms with E-state index in [9.17, 15) is 14.7 Å². The van der Waals surface area contributed by atoms with Gasteiger partial charge in [-0.05, 0) is 24.1 Å². The zero-order chi connectivity index (χ0) is 16.9. The Bertz CT molecular complexity index is 886. The number of H-pyrrole nitrogens is 1. The molecule has 0 fully saturated rings. The molecule has 3 aromatic rings. The third kappa shape index (κ3) is 3.38. The van der Waals surface area contributed by atoms with Gasteiger partial charge in [0.2, 0.25) is 5.91 Å². The van der Waals surface area contributed by atoms with Gasteiger partial charge in [0, 0.05) is 23.5 Å². The van der Waals surface area contributed by atoms with Crippen LogP contribution in [-0.4, -0.2) is 21.9 Å². The Morgan fingerprint density at radius 1 is 1.00 bits per heavy atom. The zero-order valence-corrected chi connectivity index (χ0v) is 12.9. The monoisotopic (exact) mass is 323 g/mol. The number of hydrogen-bond acceptors (Lipinski definition) is 3. The van der Waals surface area contributed by atoms with Crippen molar-refractivity contribution in [2.45, 2.75) is 12.8 Å². The number of para-hydroxylation sites is 2. The van der Waals surface area contributed by atoms with Crippen LogP contribution in [0, 0.1) is 0 Å². The Hall–Kier alpha value is -3.28. The Labute approximate surface area is 138 Å². The molecule has 1 aromatic heterocycles. The molecule has 0 aliphatic carbocycles. The van der Waals surface area contributed by atoms with E-state index < -0.39 is 0 Å². The number of rotatable bonds is 4. The van der Waals surface area contributed by atoms with Crippen molar-refractivity contribution in [2.24, 2.45) is 0 Å². The highest BCUT2D eigenvalue weighted by atomic mass is 16.3. The van der Waals surface area contributed by atoms with Gasteiger partial charge in [-0.2, -0.15) is 0 Å². The minimum atomic E-state index is -0.386. The lowest BCUT2D eigenvalue weighted by molar-refractivity contribution is -0.121. The summed E-state index contributed by atoms with van der Waals surface area (Å²) >= 11 is 0. The van der Waals surface area contributed by atoms with E-state index in [4.69, 9.17) is 0 Å². The number of aromatic nitrogens is 1. The fraction of sp³-hybridized carbons (Fsp3) is 0.111. The predicted molar refractivity (Wildman–Crippen MR) is 90.3 cm³/mol. The molecule has 0 aliphatic rings. The molecule has 0 spiro atoms. The molecule has 0 radical (unpaired) electrons. The summed E-state index contributed by atoms with van der Waals surface area (Å²) in [5.74, 6) is -0.553. The highest BCUT2D eigenvalue weighted by Gasteiger charge is 2.12. The van der Waals surface area contributed by atoms with Crippen molar-refractivity contribution in [2.75, 3.05) is 0 Å². The summed E-state index contributed by atoms with van der Waals surface area (Å²) in [6.45, 7) is 0. The average Bonchev–Trinajstić information content (AvgIpc) is 3.03. The number of nitrogens with one attached hydrogen (secondary N) is 3. The van der Waals surface area contributed by atoms with E-state index in [-0.39, 0.29) is 24.0 Å². The summed E-state index contributed by atoms with van der Waals surface area (Å²) in [5.41, 5.74) is 6.81. The molecular formula is C18H17N3O3. The van der Waals surface area contributed by atoms with Crippen molar-refractivity contribution < 1.29 is 14.7 Å². The first-order chi connectivity index (χ1) is 11.6. The number of phenols is 1. The molecule has 122 valence electrons. The van der Waals surface area contributed by atoms with Gasteiger partial charge >= 0.3 is 0 Å². The molecule has 0 atom stereocenters. The van der Waals surface area contributed by atoms with E-state index in [2.05, 4.69) is 15.8 Å². The molecule has 0 bridgehead atoms. The summed E-state index contributed by atoms with van der Waals surface area (Å²) < 4.78 is 0. The molecular weight excluding hydrogens is 306 g/mol. The Morgan fingerprint density at radius 3 is 2.58 bits per heavy atom. The smallest absolute Gasteiger partial charge is 0.271 e. The van der Waals surface area contributed by atoms with Crippen LogP contribution in [0.25, 0.3) is 10.9 Å². The highest BCUT2D eigenvalue weighted by Crippen LogP contribution is 2.18. The van der Waals surface area contributed by atoms with Crippen LogP contribution in [0.5, 0.6) is 5.75 Å². The van der Waals surface area contributed by atoms with Crippen LogP contribution in [0.2, 0.25) is 0 Å². The Balaban J connectivity index is 1.54. The van der Waals surface area contributed by atoms with Crippen LogP contribution < -0.4 is 10.9 Å². The average molecular weight is 323 g/mol. The molecule has 6 nitrogen and oxygen atoms in total. The zero-order valence-electron chi connectivity index (χ0n) is 12.9. The third-order valence-electron chi connectivity index (χ3n) is 3.76. The molecule has 4 N–H and O–H groups in total. The second-order valence-electron chi connectivity index (χ2n) is 5.38. The van der Waals surface area contributed by atoms with Gasteiger partial charge < -0.3 is 10.1 Å². The topological polar surface area (TPSA) is 94.2 Å². The van der Waals surface area contributed by atoms with Crippen molar-refractivity contribution in [3.05, 3.63) is 65.9 Å². The molecule has 2 aromatic carbocycles. The van der Waals surface area contributed by atoms with E-state index in [1.807, 2.05) is 24.3 Å². The lowest BCUT2D eigenvalue weighted by atomic mass is 10.1. The summed E-state index contributed by atoms with van der Waals surface area (Å²) in [6.07, 6.45) is 2.15. The van der Waals surface area contributed by atoms with E-state index in [1.54, 1.807) is 30.5 Å². The van der Waals surface area contributed by atoms with Crippen molar-refractivity contribution in [1.29, 1.82) is 0 Å². The lowest BCUT2D eigenvalue weighted by Gasteiger charge is -2.07. The fourth-order valence-electron chi connectivity index (χ4n) is 2.49. The Morgan fingerprint density at radius 2 is 1.75 bits per heavy atom. The maximum atomic E-state index is 12.2. The van der Waals surface area contributed by atoms with Crippen molar-refractivity contribution >= 4 is 22.7 Å². The molecule has 0 saturated carbocycles. The SMILES string of the molecule is O=C(CCc1ccccc1O)NNC(=O)c1c[nH]c2ccccc12. The van der Waals surface area contributed by atoms with Crippen molar-refractivity contribution in [1.82, 2.24) is 15.8 Å². The second kappa shape index (κ2) is 6.87. The molecule has 6 heteroatoms. The van der Waals surface area contributed by atoms with E-state index in [0.717, 1.165) is 10.9 Å². The van der Waals surface area contributed by atoms with E-state index in [1.165, 1.54) is 0 Å². The number of benzene rings is 2. The van der Waals surface area contributed by atoms with Gasteiger partial charge in [0.15, 0.2) is 0 Å². The lowest BCUT2D eigenvalue weighted by Crippen LogP contribution is -2.41. The maximum absolute atomic E-state index is 12.2. The number of aromatic hydroxyl groups is 1. The summed E-state index contributed by atoms with van der Waals surface area (Å²) in [6, 6.07) is 14.3. The Kier molecular flexibility index (Phi) is 4.47. The van der Waals surface area contributed by atoms with Crippen LogP contribution in [0.4, 0.5) is 0 Å². The third-order valence-corrected chi connectivity index (χ3v) is 3.76. The van der Waals surface area contributed by atoms with Gasteiger partial charge in [-0.25, -0.2) is 0 Å². The summed E-state index contributed by atoms with van der Waals surface area (Å²) in [4.78, 5) is 27.0. The molecule has 1 heterocycles. The predicted octanol–water partition coefficient (Wildman–Crippen LogP) is 2.27. The summed E-state index contributed by atoms with van der Waals surface area (Å²) in [5, 5.41) is 10.5. The first kappa shape index (κ1) is 15.6. The van der Waals surface area contributed by atoms with E-state index in [0.29, 0.717) is 17.5 Å². The number of amides is 2. The van der Waals surface area contributed by atoms with Crippen molar-refractivity contribution in [3.63, 3.8) is 0 Å². The van der Waals surface area contributed by atoms with Crippen LogP contribution in [0.3, 0.4) is 0 Å². The number of hydrazine groups is 1. The van der Waals surface area contributed by atoms with Gasteiger partial charge in [-0.15, -0.1) is 0 Å². The summed E-state index contributed by atoms with van der Waals surface area (Å²) in [7, 11) is 0. The van der Waals surface area contributed by atoms with Crippen LogP contribution >= 0.6 is 0 Å². The van der Waals surface area contributed by atoms with E-state index >= 15 is 0 Å². The highest BCUT2D eigenvalue weighted by molar-refractivity contribution is 6.07.